The number of benzene rings is 2. The van der Waals surface area contributed by atoms with E-state index in [9.17, 15) is 8.42 Å². The van der Waals surface area contributed by atoms with Crippen LogP contribution >= 0.6 is 23.2 Å². The van der Waals surface area contributed by atoms with Gasteiger partial charge in [0.15, 0.2) is 5.04 Å². The van der Waals surface area contributed by atoms with Gasteiger partial charge in [0.05, 0.1) is 5.92 Å². The predicted octanol–water partition coefficient (Wildman–Crippen LogP) is 3.78. The van der Waals surface area contributed by atoms with Gasteiger partial charge in [-0.15, -0.1) is 0 Å². The second-order valence-electron chi connectivity index (χ2n) is 5.49. The molecule has 0 amide bonds. The number of likely N-dealkylation sites (N-methyl/N-ethyl adjacent to an activating group) is 1. The van der Waals surface area contributed by atoms with Crippen molar-refractivity contribution in [2.24, 2.45) is 5.10 Å². The summed E-state index contributed by atoms with van der Waals surface area (Å²) in [6.45, 7) is 0.485. The van der Waals surface area contributed by atoms with Gasteiger partial charge < -0.3 is 0 Å². The van der Waals surface area contributed by atoms with E-state index in [0.29, 0.717) is 22.3 Å². The van der Waals surface area contributed by atoms with Gasteiger partial charge in [0.1, 0.15) is 0 Å². The third-order valence-electron chi connectivity index (χ3n) is 3.66. The molecule has 0 spiro atoms. The minimum Gasteiger partial charge on any atom is -0.298 e. The molecule has 1 unspecified atom stereocenters. The zero-order chi connectivity index (χ0) is 17.3. The number of halogens is 2. The van der Waals surface area contributed by atoms with Crippen molar-refractivity contribution in [2.45, 2.75) is 5.92 Å². The summed E-state index contributed by atoms with van der Waals surface area (Å²) in [5.74, 6) is -0.350. The Morgan fingerprint density at radius 2 is 1.58 bits per heavy atom. The number of rotatable bonds is 3. The van der Waals surface area contributed by atoms with Crippen molar-refractivity contribution < 1.29 is 8.42 Å². The van der Waals surface area contributed by atoms with Crippen LogP contribution in [0.25, 0.3) is 0 Å². The predicted molar refractivity (Wildman–Crippen MR) is 98.3 cm³/mol. The molecule has 5 nitrogen and oxygen atoms in total. The summed E-state index contributed by atoms with van der Waals surface area (Å²) in [6.07, 6.45) is 0. The number of nitrogens with one attached hydrogen (secondary N) is 1. The van der Waals surface area contributed by atoms with Crippen LogP contribution in [0.3, 0.4) is 0 Å². The molecular weight excluding hydrogens is 369 g/mol. The highest BCUT2D eigenvalue weighted by Gasteiger charge is 2.35. The van der Waals surface area contributed by atoms with Crippen molar-refractivity contribution in [2.75, 3.05) is 18.3 Å². The average Bonchev–Trinajstić information content (AvgIpc) is 2.93. The third kappa shape index (κ3) is 3.66. The zero-order valence-corrected chi connectivity index (χ0v) is 15.1. The van der Waals surface area contributed by atoms with Gasteiger partial charge in [0, 0.05) is 29.3 Å². The Morgan fingerprint density at radius 3 is 2.17 bits per heavy atom. The van der Waals surface area contributed by atoms with Crippen LogP contribution < -0.4 is 4.72 Å². The second kappa shape index (κ2) is 6.63. The van der Waals surface area contributed by atoms with Crippen molar-refractivity contribution in [3.8, 4) is 0 Å². The fourth-order valence-electron chi connectivity index (χ4n) is 2.53. The summed E-state index contributed by atoms with van der Waals surface area (Å²) >= 11 is 11.7. The molecule has 126 valence electrons. The van der Waals surface area contributed by atoms with Crippen LogP contribution in [-0.4, -0.2) is 32.1 Å². The number of sulfonamides is 1. The average molecular weight is 384 g/mol. The number of hydrogen-bond donors (Lipinski definition) is 1. The molecule has 0 aromatic heterocycles. The van der Waals surface area contributed by atoms with E-state index in [1.165, 1.54) is 0 Å². The second-order valence-corrected chi connectivity index (χ2v) is 8.00. The van der Waals surface area contributed by atoms with Crippen molar-refractivity contribution >= 4 is 44.0 Å². The van der Waals surface area contributed by atoms with Crippen molar-refractivity contribution in [1.29, 1.82) is 0 Å². The summed E-state index contributed by atoms with van der Waals surface area (Å²) in [4.78, 5) is 0. The minimum atomic E-state index is -3.78. The first-order valence-electron chi connectivity index (χ1n) is 7.18. The SMILES string of the molecule is CN1CC(c2ccc(Cl)cc2)C(S(=O)(=O)Nc2ccc(Cl)cc2)=N1. The largest absolute Gasteiger partial charge is 0.298 e. The maximum atomic E-state index is 12.8. The monoisotopic (exact) mass is 383 g/mol. The van der Waals surface area contributed by atoms with E-state index in [2.05, 4.69) is 9.82 Å². The Morgan fingerprint density at radius 1 is 1.04 bits per heavy atom. The van der Waals surface area contributed by atoms with Crippen molar-refractivity contribution in [3.05, 3.63) is 64.1 Å². The van der Waals surface area contributed by atoms with Crippen LogP contribution in [0.1, 0.15) is 11.5 Å². The summed E-state index contributed by atoms with van der Waals surface area (Å²) in [5.41, 5.74) is 1.29. The van der Waals surface area contributed by atoms with Gasteiger partial charge in [-0.3, -0.25) is 9.73 Å². The highest BCUT2D eigenvalue weighted by molar-refractivity contribution is 8.07. The van der Waals surface area contributed by atoms with Gasteiger partial charge in [-0.2, -0.15) is 13.5 Å². The number of nitrogens with zero attached hydrogens (tertiary/aromatic N) is 2. The van der Waals surface area contributed by atoms with E-state index in [4.69, 9.17) is 23.2 Å². The molecule has 0 radical (unpaired) electrons. The molecule has 0 saturated carbocycles. The molecule has 1 atom stereocenters. The number of hydrogen-bond acceptors (Lipinski definition) is 4. The lowest BCUT2D eigenvalue weighted by atomic mass is 10.0. The smallest absolute Gasteiger partial charge is 0.277 e. The molecule has 0 aliphatic carbocycles. The Labute approximate surface area is 150 Å². The van der Waals surface area contributed by atoms with Crippen molar-refractivity contribution in [1.82, 2.24) is 5.01 Å². The van der Waals surface area contributed by atoms with E-state index < -0.39 is 10.0 Å². The highest BCUT2D eigenvalue weighted by atomic mass is 35.5. The van der Waals surface area contributed by atoms with Crippen LogP contribution in [0.2, 0.25) is 10.0 Å². The Balaban J connectivity index is 1.90. The lowest BCUT2D eigenvalue weighted by molar-refractivity contribution is 0.381. The molecule has 1 N–H and O–H groups in total. The molecule has 0 bridgehead atoms. The molecule has 24 heavy (non-hydrogen) atoms. The summed E-state index contributed by atoms with van der Waals surface area (Å²) < 4.78 is 28.1. The molecule has 1 heterocycles. The quantitative estimate of drug-likeness (QED) is 0.876. The molecule has 2 aromatic rings. The van der Waals surface area contributed by atoms with Gasteiger partial charge in [0.2, 0.25) is 0 Å². The molecule has 1 aliphatic heterocycles. The Hall–Kier alpha value is -1.76. The van der Waals surface area contributed by atoms with Crippen LogP contribution in [0.15, 0.2) is 53.6 Å². The van der Waals surface area contributed by atoms with Crippen LogP contribution in [0, 0.1) is 0 Å². The van der Waals surface area contributed by atoms with E-state index in [1.54, 1.807) is 48.5 Å². The van der Waals surface area contributed by atoms with Gasteiger partial charge in [-0.25, -0.2) is 0 Å². The minimum absolute atomic E-state index is 0.0854. The Bertz CT molecular complexity index is 865. The number of anilines is 1. The third-order valence-corrected chi connectivity index (χ3v) is 5.58. The first-order valence-corrected chi connectivity index (χ1v) is 9.42. The number of hydrazone groups is 1. The standard InChI is InChI=1S/C16H15Cl2N3O2S/c1-21-10-15(11-2-4-12(17)5-3-11)16(19-21)24(22,23)20-14-8-6-13(18)7-9-14/h2-9,15,20H,10H2,1H3. The zero-order valence-electron chi connectivity index (χ0n) is 12.8. The van der Waals surface area contributed by atoms with E-state index in [1.807, 2.05) is 12.1 Å². The maximum Gasteiger partial charge on any atom is 0.277 e. The lowest BCUT2D eigenvalue weighted by Crippen LogP contribution is -2.27. The topological polar surface area (TPSA) is 61.8 Å². The van der Waals surface area contributed by atoms with Gasteiger partial charge in [-0.1, -0.05) is 35.3 Å². The molecule has 8 heteroatoms. The highest BCUT2D eigenvalue weighted by Crippen LogP contribution is 2.29. The van der Waals surface area contributed by atoms with E-state index in [0.717, 1.165) is 5.56 Å². The van der Waals surface area contributed by atoms with Gasteiger partial charge >= 0.3 is 0 Å². The van der Waals surface area contributed by atoms with E-state index >= 15 is 0 Å². The van der Waals surface area contributed by atoms with E-state index in [-0.39, 0.29) is 11.0 Å². The first kappa shape index (κ1) is 17.1. The van der Waals surface area contributed by atoms with Crippen LogP contribution in [0.5, 0.6) is 0 Å². The van der Waals surface area contributed by atoms with Gasteiger partial charge in [-0.05, 0) is 42.0 Å². The lowest BCUT2D eigenvalue weighted by Gasteiger charge is -2.14. The summed E-state index contributed by atoms with van der Waals surface area (Å²) in [5, 5.41) is 7.04. The molecule has 0 fully saturated rings. The van der Waals surface area contributed by atoms with Crippen molar-refractivity contribution in [3.63, 3.8) is 0 Å². The fourth-order valence-corrected chi connectivity index (χ4v) is 4.17. The fraction of sp³-hybridized carbons (Fsp3) is 0.188. The van der Waals surface area contributed by atoms with Crippen LogP contribution in [0.4, 0.5) is 5.69 Å². The molecule has 1 aliphatic rings. The first-order chi connectivity index (χ1) is 11.3. The van der Waals surface area contributed by atoms with Crippen LogP contribution in [-0.2, 0) is 10.0 Å². The summed E-state index contributed by atoms with van der Waals surface area (Å²) in [7, 11) is -2.04. The molecule has 2 aromatic carbocycles. The maximum absolute atomic E-state index is 12.8. The van der Waals surface area contributed by atoms with Gasteiger partial charge in [0.25, 0.3) is 10.0 Å². The molecule has 0 saturated heterocycles. The Kier molecular flexibility index (Phi) is 4.71. The normalized spacial score (nSPS) is 17.7. The molecule has 3 rings (SSSR count). The molecular formula is C16H15Cl2N3O2S. The summed E-state index contributed by atoms with van der Waals surface area (Å²) in [6, 6.07) is 13.6.